The minimum absolute atomic E-state index is 0.265. The number of hydrogen-bond acceptors (Lipinski definition) is 4. The lowest BCUT2D eigenvalue weighted by Gasteiger charge is -2.15. The Bertz CT molecular complexity index is 708. The summed E-state index contributed by atoms with van der Waals surface area (Å²) in [6, 6.07) is 10.7. The van der Waals surface area contributed by atoms with Gasteiger partial charge in [-0.25, -0.2) is 9.67 Å². The molecule has 0 radical (unpaired) electrons. The van der Waals surface area contributed by atoms with Gasteiger partial charge in [-0.05, 0) is 52.0 Å². The third-order valence-electron chi connectivity index (χ3n) is 3.16. The first-order chi connectivity index (χ1) is 10.2. The Labute approximate surface area is 136 Å². The van der Waals surface area contributed by atoms with Gasteiger partial charge in [0.1, 0.15) is 12.7 Å². The van der Waals surface area contributed by atoms with Crippen molar-refractivity contribution in [3.8, 4) is 0 Å². The number of aromatic nitrogens is 3. The molecular weight excluding hydrogens is 348 g/mol. The number of anilines is 1. The van der Waals surface area contributed by atoms with Crippen molar-refractivity contribution in [3.05, 3.63) is 63.3 Å². The van der Waals surface area contributed by atoms with E-state index >= 15 is 0 Å². The predicted molar refractivity (Wildman–Crippen MR) is 89.6 cm³/mol. The Balaban J connectivity index is 1.72. The van der Waals surface area contributed by atoms with Crippen LogP contribution in [-0.2, 0) is 6.54 Å². The summed E-state index contributed by atoms with van der Waals surface area (Å²) in [5.74, 6) is 0. The van der Waals surface area contributed by atoms with Gasteiger partial charge in [0.05, 0.1) is 12.6 Å². The van der Waals surface area contributed by atoms with E-state index in [9.17, 15) is 0 Å². The average Bonchev–Trinajstić information content (AvgIpc) is 3.10. The van der Waals surface area contributed by atoms with Crippen LogP contribution in [0, 0.1) is 0 Å². The van der Waals surface area contributed by atoms with Crippen molar-refractivity contribution in [2.75, 3.05) is 5.32 Å². The lowest BCUT2D eigenvalue weighted by molar-refractivity contribution is 0.685. The zero-order chi connectivity index (χ0) is 14.7. The molecule has 0 aliphatic heterocycles. The molecule has 1 atom stereocenters. The van der Waals surface area contributed by atoms with Crippen LogP contribution in [0.2, 0.25) is 0 Å². The van der Waals surface area contributed by atoms with E-state index in [0.717, 1.165) is 16.7 Å². The maximum atomic E-state index is 4.13. The fourth-order valence-corrected chi connectivity index (χ4v) is 3.92. The Kier molecular flexibility index (Phi) is 4.36. The Morgan fingerprint density at radius 1 is 1.38 bits per heavy atom. The zero-order valence-corrected chi connectivity index (χ0v) is 13.9. The molecule has 0 aliphatic rings. The predicted octanol–water partition coefficient (Wildman–Crippen LogP) is 4.32. The minimum atomic E-state index is 0.265. The first-order valence-electron chi connectivity index (χ1n) is 6.63. The van der Waals surface area contributed by atoms with E-state index in [1.807, 2.05) is 4.68 Å². The van der Waals surface area contributed by atoms with Crippen LogP contribution in [-0.4, -0.2) is 14.8 Å². The van der Waals surface area contributed by atoms with Gasteiger partial charge in [-0.3, -0.25) is 0 Å². The van der Waals surface area contributed by atoms with Gasteiger partial charge >= 0.3 is 0 Å². The molecule has 3 aromatic rings. The third-order valence-corrected chi connectivity index (χ3v) is 5.21. The molecule has 3 rings (SSSR count). The number of benzene rings is 1. The zero-order valence-electron chi connectivity index (χ0n) is 11.5. The van der Waals surface area contributed by atoms with E-state index in [-0.39, 0.29) is 6.04 Å². The summed E-state index contributed by atoms with van der Waals surface area (Å²) in [5, 5.41) is 9.77. The fourth-order valence-electron chi connectivity index (χ4n) is 2.19. The maximum Gasteiger partial charge on any atom is 0.137 e. The van der Waals surface area contributed by atoms with Crippen molar-refractivity contribution in [3.63, 3.8) is 0 Å². The fraction of sp³-hybridized carbons (Fsp3) is 0.200. The molecule has 0 saturated carbocycles. The summed E-state index contributed by atoms with van der Waals surface area (Å²) < 4.78 is 2.98. The standard InChI is InChI=1S/C15H15BrN4S/c1-11(15-14(16)5-6-21-15)19-13-4-2-3-12(7-13)8-20-10-17-9-18-20/h2-7,9-11,19H,8H2,1H3. The lowest BCUT2D eigenvalue weighted by Crippen LogP contribution is -2.06. The minimum Gasteiger partial charge on any atom is -0.378 e. The molecule has 2 aromatic heterocycles. The van der Waals surface area contributed by atoms with Gasteiger partial charge in [-0.2, -0.15) is 5.10 Å². The van der Waals surface area contributed by atoms with Gasteiger partial charge in [0.25, 0.3) is 0 Å². The van der Waals surface area contributed by atoms with Crippen molar-refractivity contribution >= 4 is 33.0 Å². The number of thiophene rings is 1. The number of nitrogens with zero attached hydrogens (tertiary/aromatic N) is 3. The highest BCUT2D eigenvalue weighted by molar-refractivity contribution is 9.10. The molecule has 2 heterocycles. The molecule has 0 saturated heterocycles. The monoisotopic (exact) mass is 362 g/mol. The van der Waals surface area contributed by atoms with E-state index in [1.54, 1.807) is 24.0 Å². The Morgan fingerprint density at radius 2 is 2.29 bits per heavy atom. The van der Waals surface area contributed by atoms with Crippen LogP contribution in [0.3, 0.4) is 0 Å². The van der Waals surface area contributed by atoms with E-state index in [0.29, 0.717) is 0 Å². The van der Waals surface area contributed by atoms with Gasteiger partial charge in [-0.15, -0.1) is 11.3 Å². The van der Waals surface area contributed by atoms with Crippen molar-refractivity contribution in [2.45, 2.75) is 19.5 Å². The van der Waals surface area contributed by atoms with Gasteiger partial charge in [-0.1, -0.05) is 12.1 Å². The summed E-state index contributed by atoms with van der Waals surface area (Å²) in [4.78, 5) is 5.27. The molecule has 1 unspecified atom stereocenters. The first kappa shape index (κ1) is 14.3. The smallest absolute Gasteiger partial charge is 0.137 e. The van der Waals surface area contributed by atoms with E-state index in [4.69, 9.17) is 0 Å². The van der Waals surface area contributed by atoms with Crippen molar-refractivity contribution in [1.29, 1.82) is 0 Å². The second-order valence-electron chi connectivity index (χ2n) is 4.79. The van der Waals surface area contributed by atoms with Crippen molar-refractivity contribution in [1.82, 2.24) is 14.8 Å². The van der Waals surface area contributed by atoms with Gasteiger partial charge in [0, 0.05) is 15.0 Å². The van der Waals surface area contributed by atoms with E-state index in [2.05, 4.69) is 74.0 Å². The summed E-state index contributed by atoms with van der Waals surface area (Å²) in [7, 11) is 0. The topological polar surface area (TPSA) is 42.7 Å². The molecule has 0 amide bonds. The molecule has 4 nitrogen and oxygen atoms in total. The van der Waals surface area contributed by atoms with E-state index in [1.165, 1.54) is 10.4 Å². The Hall–Kier alpha value is -1.66. The molecule has 6 heteroatoms. The van der Waals surface area contributed by atoms with Gasteiger partial charge < -0.3 is 5.32 Å². The van der Waals surface area contributed by atoms with Crippen molar-refractivity contribution < 1.29 is 0 Å². The number of halogens is 1. The van der Waals surface area contributed by atoms with Gasteiger partial charge in [0.15, 0.2) is 0 Å². The highest BCUT2D eigenvalue weighted by Gasteiger charge is 2.10. The van der Waals surface area contributed by atoms with Crippen LogP contribution < -0.4 is 5.32 Å². The molecule has 108 valence electrons. The molecule has 21 heavy (non-hydrogen) atoms. The summed E-state index contributed by atoms with van der Waals surface area (Å²) >= 11 is 5.34. The second-order valence-corrected chi connectivity index (χ2v) is 6.59. The number of rotatable bonds is 5. The quantitative estimate of drug-likeness (QED) is 0.734. The Morgan fingerprint density at radius 3 is 3.00 bits per heavy atom. The van der Waals surface area contributed by atoms with Crippen LogP contribution in [0.4, 0.5) is 5.69 Å². The van der Waals surface area contributed by atoms with Crippen LogP contribution in [0.25, 0.3) is 0 Å². The second kappa shape index (κ2) is 6.41. The SMILES string of the molecule is CC(Nc1cccc(Cn2cncn2)c1)c1sccc1Br. The molecular formula is C15H15BrN4S. The van der Waals surface area contributed by atoms with Crippen LogP contribution >= 0.6 is 27.3 Å². The molecule has 1 aromatic carbocycles. The van der Waals surface area contributed by atoms with Gasteiger partial charge in [0.2, 0.25) is 0 Å². The summed E-state index contributed by atoms with van der Waals surface area (Å²) in [6.45, 7) is 2.90. The maximum absolute atomic E-state index is 4.13. The molecule has 0 aliphatic carbocycles. The molecule has 0 bridgehead atoms. The first-order valence-corrected chi connectivity index (χ1v) is 8.30. The van der Waals surface area contributed by atoms with Crippen molar-refractivity contribution in [2.24, 2.45) is 0 Å². The largest absolute Gasteiger partial charge is 0.378 e. The lowest BCUT2D eigenvalue weighted by atomic mass is 10.2. The molecule has 1 N–H and O–H groups in total. The van der Waals surface area contributed by atoms with Crippen LogP contribution in [0.15, 0.2) is 52.8 Å². The summed E-state index contributed by atoms with van der Waals surface area (Å²) in [5.41, 5.74) is 2.31. The number of nitrogens with one attached hydrogen (secondary N) is 1. The normalized spacial score (nSPS) is 12.3. The number of hydrogen-bond donors (Lipinski definition) is 1. The summed E-state index contributed by atoms with van der Waals surface area (Å²) in [6.07, 6.45) is 3.28. The van der Waals surface area contributed by atoms with E-state index < -0.39 is 0 Å². The highest BCUT2D eigenvalue weighted by atomic mass is 79.9. The van der Waals surface area contributed by atoms with Crippen LogP contribution in [0.1, 0.15) is 23.4 Å². The highest BCUT2D eigenvalue weighted by Crippen LogP contribution is 2.31. The molecule has 0 fully saturated rings. The third kappa shape index (κ3) is 3.51. The average molecular weight is 363 g/mol. The van der Waals surface area contributed by atoms with Crippen LogP contribution in [0.5, 0.6) is 0 Å². The molecule has 0 spiro atoms.